The van der Waals surface area contributed by atoms with Gasteiger partial charge in [-0.1, -0.05) is 13.8 Å². The van der Waals surface area contributed by atoms with Gasteiger partial charge in [0, 0.05) is 26.2 Å². The van der Waals surface area contributed by atoms with Gasteiger partial charge in [0.1, 0.15) is 5.60 Å². The summed E-state index contributed by atoms with van der Waals surface area (Å²) in [6.45, 7) is 13.7. The standard InChI is InChI=1S/C12H22N2O2.C2H6/c1-11(2,3)16-10(15)14-6-4-12(5-7-14)8-13-9-12;1-2/h13H,4-9H2,1-3H3;1-2H3. The molecule has 1 amide bonds. The molecule has 1 N–H and O–H groups in total. The number of nitrogens with zero attached hydrogens (tertiary/aromatic N) is 1. The van der Waals surface area contributed by atoms with Crippen molar-refractivity contribution in [1.82, 2.24) is 10.2 Å². The van der Waals surface area contributed by atoms with Crippen molar-refractivity contribution in [3.63, 3.8) is 0 Å². The molecule has 0 unspecified atom stereocenters. The fourth-order valence-corrected chi connectivity index (χ4v) is 2.32. The summed E-state index contributed by atoms with van der Waals surface area (Å²) in [6.07, 6.45) is 2.06. The van der Waals surface area contributed by atoms with Crippen LogP contribution in [0, 0.1) is 5.41 Å². The van der Waals surface area contributed by atoms with Crippen LogP contribution in [0.3, 0.4) is 0 Å². The van der Waals surface area contributed by atoms with Gasteiger partial charge >= 0.3 is 6.09 Å². The number of amides is 1. The molecule has 0 bridgehead atoms. The largest absolute Gasteiger partial charge is 0.444 e. The third-order valence-electron chi connectivity index (χ3n) is 3.48. The van der Waals surface area contributed by atoms with Crippen LogP contribution in [0.4, 0.5) is 4.79 Å². The Morgan fingerprint density at radius 2 is 1.67 bits per heavy atom. The quantitative estimate of drug-likeness (QED) is 0.724. The zero-order valence-electron chi connectivity index (χ0n) is 12.5. The number of likely N-dealkylation sites (tertiary alicyclic amines) is 1. The van der Waals surface area contributed by atoms with Crippen LogP contribution >= 0.6 is 0 Å². The minimum absolute atomic E-state index is 0.158. The zero-order valence-corrected chi connectivity index (χ0v) is 12.5. The number of ether oxygens (including phenoxy) is 1. The van der Waals surface area contributed by atoms with E-state index in [0.29, 0.717) is 5.41 Å². The molecule has 0 saturated carbocycles. The molecule has 4 nitrogen and oxygen atoms in total. The summed E-state index contributed by atoms with van der Waals surface area (Å²) in [4.78, 5) is 13.7. The molecular weight excluding hydrogens is 228 g/mol. The number of carbonyl (C=O) groups is 1. The van der Waals surface area contributed by atoms with Gasteiger partial charge in [0.25, 0.3) is 0 Å². The average Bonchev–Trinajstić information content (AvgIpc) is 2.28. The molecular formula is C14H28N2O2. The highest BCUT2D eigenvalue weighted by molar-refractivity contribution is 5.68. The van der Waals surface area contributed by atoms with Crippen LogP contribution in [-0.4, -0.2) is 42.8 Å². The van der Waals surface area contributed by atoms with Crippen molar-refractivity contribution in [3.05, 3.63) is 0 Å². The number of hydrogen-bond donors (Lipinski definition) is 1. The van der Waals surface area contributed by atoms with E-state index < -0.39 is 0 Å². The van der Waals surface area contributed by atoms with Gasteiger partial charge in [-0.3, -0.25) is 0 Å². The third kappa shape index (κ3) is 3.87. The van der Waals surface area contributed by atoms with Crippen molar-refractivity contribution in [2.45, 2.75) is 53.1 Å². The smallest absolute Gasteiger partial charge is 0.410 e. The lowest BCUT2D eigenvalue weighted by Crippen LogP contribution is -2.59. The van der Waals surface area contributed by atoms with Crippen molar-refractivity contribution in [1.29, 1.82) is 0 Å². The van der Waals surface area contributed by atoms with Gasteiger partial charge in [-0.2, -0.15) is 0 Å². The lowest BCUT2D eigenvalue weighted by molar-refractivity contribution is 0.00150. The SMILES string of the molecule is CC.CC(C)(C)OC(=O)N1CCC2(CC1)CNC2. The Kier molecular flexibility index (Phi) is 5.02. The minimum atomic E-state index is -0.385. The third-order valence-corrected chi connectivity index (χ3v) is 3.48. The van der Waals surface area contributed by atoms with Gasteiger partial charge in [-0.15, -0.1) is 0 Å². The molecule has 0 aromatic rings. The number of rotatable bonds is 0. The summed E-state index contributed by atoms with van der Waals surface area (Å²) in [5.74, 6) is 0. The van der Waals surface area contributed by atoms with Gasteiger partial charge in [-0.25, -0.2) is 4.79 Å². The Bertz CT molecular complexity index is 270. The van der Waals surface area contributed by atoms with E-state index in [0.717, 1.165) is 39.0 Å². The Hall–Kier alpha value is -0.770. The Balaban J connectivity index is 0.000000771. The van der Waals surface area contributed by atoms with Crippen molar-refractivity contribution >= 4 is 6.09 Å². The molecule has 1 spiro atoms. The predicted molar refractivity (Wildman–Crippen MR) is 73.7 cm³/mol. The summed E-state index contributed by atoms with van der Waals surface area (Å²) in [5.41, 5.74) is 0.1000. The zero-order chi connectivity index (χ0) is 13.8. The molecule has 0 aromatic heterocycles. The number of carbonyl (C=O) groups excluding carboxylic acids is 1. The average molecular weight is 256 g/mol. The highest BCUT2D eigenvalue weighted by atomic mass is 16.6. The minimum Gasteiger partial charge on any atom is -0.444 e. The molecule has 2 rings (SSSR count). The van der Waals surface area contributed by atoms with E-state index in [1.165, 1.54) is 0 Å². The summed E-state index contributed by atoms with van der Waals surface area (Å²) in [7, 11) is 0. The number of nitrogens with one attached hydrogen (secondary N) is 1. The molecule has 4 heteroatoms. The second-order valence-corrected chi connectivity index (χ2v) is 6.07. The maximum absolute atomic E-state index is 11.8. The van der Waals surface area contributed by atoms with Crippen LogP contribution in [0.1, 0.15) is 47.5 Å². The Morgan fingerprint density at radius 1 is 1.17 bits per heavy atom. The molecule has 2 aliphatic heterocycles. The van der Waals surface area contributed by atoms with E-state index in [-0.39, 0.29) is 11.7 Å². The molecule has 106 valence electrons. The topological polar surface area (TPSA) is 41.6 Å². The van der Waals surface area contributed by atoms with Gasteiger partial charge < -0.3 is 15.0 Å². The van der Waals surface area contributed by atoms with E-state index in [4.69, 9.17) is 4.74 Å². The summed E-state index contributed by atoms with van der Waals surface area (Å²) in [6, 6.07) is 0. The molecule has 18 heavy (non-hydrogen) atoms. The maximum atomic E-state index is 11.8. The first kappa shape index (κ1) is 15.3. The second kappa shape index (κ2) is 5.91. The fourth-order valence-electron chi connectivity index (χ4n) is 2.32. The summed E-state index contributed by atoms with van der Waals surface area (Å²) in [5, 5.41) is 3.32. The van der Waals surface area contributed by atoms with Crippen LogP contribution in [0.2, 0.25) is 0 Å². The van der Waals surface area contributed by atoms with E-state index in [1.54, 1.807) is 0 Å². The normalized spacial score (nSPS) is 21.7. The van der Waals surface area contributed by atoms with Gasteiger partial charge in [0.2, 0.25) is 0 Å². The van der Waals surface area contributed by atoms with E-state index >= 15 is 0 Å². The molecule has 2 aliphatic rings. The highest BCUT2D eigenvalue weighted by Gasteiger charge is 2.41. The van der Waals surface area contributed by atoms with Crippen LogP contribution in [0.25, 0.3) is 0 Å². The fraction of sp³-hybridized carbons (Fsp3) is 0.929. The van der Waals surface area contributed by atoms with Crippen molar-refractivity contribution < 1.29 is 9.53 Å². The maximum Gasteiger partial charge on any atom is 0.410 e. The predicted octanol–water partition coefficient (Wildman–Crippen LogP) is 2.63. The van der Waals surface area contributed by atoms with Gasteiger partial charge in [0.05, 0.1) is 0 Å². The molecule has 2 heterocycles. The Morgan fingerprint density at radius 3 is 2.00 bits per heavy atom. The first-order valence-electron chi connectivity index (χ1n) is 7.09. The van der Waals surface area contributed by atoms with Crippen molar-refractivity contribution in [3.8, 4) is 0 Å². The van der Waals surface area contributed by atoms with Crippen molar-refractivity contribution in [2.75, 3.05) is 26.2 Å². The lowest BCUT2D eigenvalue weighted by Gasteiger charge is -2.48. The van der Waals surface area contributed by atoms with Gasteiger partial charge in [-0.05, 0) is 39.0 Å². The molecule has 0 atom stereocenters. The van der Waals surface area contributed by atoms with Crippen LogP contribution < -0.4 is 5.32 Å². The van der Waals surface area contributed by atoms with Crippen LogP contribution in [0.15, 0.2) is 0 Å². The van der Waals surface area contributed by atoms with Gasteiger partial charge in [0.15, 0.2) is 0 Å². The van der Waals surface area contributed by atoms with E-state index in [1.807, 2.05) is 39.5 Å². The van der Waals surface area contributed by atoms with Crippen molar-refractivity contribution in [2.24, 2.45) is 5.41 Å². The number of piperidine rings is 1. The lowest BCUT2D eigenvalue weighted by atomic mass is 9.73. The molecule has 2 saturated heterocycles. The summed E-state index contributed by atoms with van der Waals surface area (Å²) >= 11 is 0. The van der Waals surface area contributed by atoms with E-state index in [2.05, 4.69) is 5.32 Å². The van der Waals surface area contributed by atoms with Crippen LogP contribution in [-0.2, 0) is 4.74 Å². The highest BCUT2D eigenvalue weighted by Crippen LogP contribution is 2.35. The molecule has 0 aromatic carbocycles. The first-order chi connectivity index (χ1) is 8.40. The number of hydrogen-bond acceptors (Lipinski definition) is 3. The van der Waals surface area contributed by atoms with E-state index in [9.17, 15) is 4.79 Å². The monoisotopic (exact) mass is 256 g/mol. The molecule has 2 fully saturated rings. The Labute approximate surface area is 111 Å². The first-order valence-corrected chi connectivity index (χ1v) is 7.09. The molecule has 0 radical (unpaired) electrons. The second-order valence-electron chi connectivity index (χ2n) is 6.07. The molecule has 0 aliphatic carbocycles. The van der Waals surface area contributed by atoms with Crippen LogP contribution in [0.5, 0.6) is 0 Å². The summed E-state index contributed by atoms with van der Waals surface area (Å²) < 4.78 is 5.37.